The van der Waals surface area contributed by atoms with Crippen LogP contribution in [0.1, 0.15) is 39.0 Å². The number of urea groups is 1. The summed E-state index contributed by atoms with van der Waals surface area (Å²) >= 11 is 0. The number of carbonyl (C=O) groups is 2. The highest BCUT2D eigenvalue weighted by molar-refractivity contribution is 5.76. The first-order valence-electron chi connectivity index (χ1n) is 6.24. The Labute approximate surface area is 107 Å². The number of nitriles is 1. The molecule has 1 aliphatic carbocycles. The fraction of sp³-hybridized carbons (Fsp3) is 0.750. The van der Waals surface area contributed by atoms with Crippen molar-refractivity contribution in [2.45, 2.75) is 51.1 Å². The number of hydrogen-bond acceptors (Lipinski definition) is 3. The monoisotopic (exact) mass is 253 g/mol. The molecule has 6 nitrogen and oxygen atoms in total. The minimum Gasteiger partial charge on any atom is -0.481 e. The van der Waals surface area contributed by atoms with Crippen LogP contribution >= 0.6 is 0 Å². The van der Waals surface area contributed by atoms with Gasteiger partial charge in [-0.2, -0.15) is 5.26 Å². The van der Waals surface area contributed by atoms with Gasteiger partial charge in [0.25, 0.3) is 0 Å². The van der Waals surface area contributed by atoms with Gasteiger partial charge in [0.1, 0.15) is 0 Å². The molecule has 0 saturated heterocycles. The molecule has 1 saturated carbocycles. The molecule has 0 aromatic rings. The second-order valence-corrected chi connectivity index (χ2v) is 4.49. The molecule has 18 heavy (non-hydrogen) atoms. The number of amides is 2. The molecule has 1 rings (SSSR count). The molecule has 0 bridgehead atoms. The third-order valence-electron chi connectivity index (χ3n) is 2.95. The van der Waals surface area contributed by atoms with Crippen molar-refractivity contribution in [3.63, 3.8) is 0 Å². The summed E-state index contributed by atoms with van der Waals surface area (Å²) in [5, 5.41) is 20.0. The fourth-order valence-electron chi connectivity index (χ4n) is 1.77. The molecule has 0 spiro atoms. The Morgan fingerprint density at radius 3 is 2.67 bits per heavy atom. The van der Waals surface area contributed by atoms with Crippen molar-refractivity contribution in [1.82, 2.24) is 10.2 Å². The highest BCUT2D eigenvalue weighted by atomic mass is 16.4. The molecule has 0 aromatic heterocycles. The van der Waals surface area contributed by atoms with Gasteiger partial charge in [0.05, 0.1) is 18.9 Å². The second kappa shape index (κ2) is 6.84. The lowest BCUT2D eigenvalue weighted by atomic mass is 10.1. The van der Waals surface area contributed by atoms with E-state index in [1.807, 2.05) is 13.0 Å². The van der Waals surface area contributed by atoms with Gasteiger partial charge < -0.3 is 15.3 Å². The Balaban J connectivity index is 2.49. The maximum absolute atomic E-state index is 12.0. The van der Waals surface area contributed by atoms with Gasteiger partial charge in [-0.3, -0.25) is 4.79 Å². The van der Waals surface area contributed by atoms with Gasteiger partial charge in [-0.1, -0.05) is 6.92 Å². The van der Waals surface area contributed by atoms with Gasteiger partial charge >= 0.3 is 12.0 Å². The lowest BCUT2D eigenvalue weighted by molar-refractivity contribution is -0.137. The van der Waals surface area contributed by atoms with E-state index in [1.54, 1.807) is 4.90 Å². The van der Waals surface area contributed by atoms with Crippen LogP contribution in [0.15, 0.2) is 0 Å². The number of carbonyl (C=O) groups excluding carboxylic acids is 1. The van der Waals surface area contributed by atoms with Crippen molar-refractivity contribution in [3.8, 4) is 6.07 Å². The van der Waals surface area contributed by atoms with Crippen LogP contribution in [0, 0.1) is 11.3 Å². The predicted molar refractivity (Wildman–Crippen MR) is 64.8 cm³/mol. The lowest BCUT2D eigenvalue weighted by Gasteiger charge is -2.24. The van der Waals surface area contributed by atoms with Crippen molar-refractivity contribution in [3.05, 3.63) is 0 Å². The first kappa shape index (κ1) is 14.3. The molecule has 2 amide bonds. The summed E-state index contributed by atoms with van der Waals surface area (Å²) in [4.78, 5) is 24.3. The van der Waals surface area contributed by atoms with Crippen LogP contribution in [0.25, 0.3) is 0 Å². The molecule has 6 heteroatoms. The van der Waals surface area contributed by atoms with Gasteiger partial charge in [0.2, 0.25) is 0 Å². The summed E-state index contributed by atoms with van der Waals surface area (Å²) in [6.45, 7) is 2.25. The first-order chi connectivity index (χ1) is 8.58. The van der Waals surface area contributed by atoms with Crippen molar-refractivity contribution in [2.24, 2.45) is 0 Å². The molecule has 0 aliphatic heterocycles. The molecular weight excluding hydrogens is 234 g/mol. The van der Waals surface area contributed by atoms with Crippen molar-refractivity contribution in [2.75, 3.05) is 6.54 Å². The second-order valence-electron chi connectivity index (χ2n) is 4.49. The summed E-state index contributed by atoms with van der Waals surface area (Å²) in [6, 6.07) is 1.64. The SMILES string of the molecule is CCC(CC(=O)O)NC(=O)N(CCC#N)C1CC1. The number of nitrogens with one attached hydrogen (secondary N) is 1. The largest absolute Gasteiger partial charge is 0.481 e. The maximum Gasteiger partial charge on any atom is 0.317 e. The molecular formula is C12H19N3O3. The molecule has 0 heterocycles. The van der Waals surface area contributed by atoms with E-state index in [1.165, 1.54) is 0 Å². The van der Waals surface area contributed by atoms with E-state index >= 15 is 0 Å². The Morgan fingerprint density at radius 2 is 2.22 bits per heavy atom. The predicted octanol–water partition coefficient (Wildman–Crippen LogP) is 1.33. The number of hydrogen-bond donors (Lipinski definition) is 2. The average molecular weight is 253 g/mol. The molecule has 0 radical (unpaired) electrons. The van der Waals surface area contributed by atoms with E-state index in [4.69, 9.17) is 10.4 Å². The third kappa shape index (κ3) is 4.62. The standard InChI is InChI=1S/C12H19N3O3/c1-2-9(8-11(16)17)14-12(18)15(7-3-6-13)10-4-5-10/h9-10H,2-5,7-8H2,1H3,(H,14,18)(H,16,17). The Hall–Kier alpha value is -1.77. The van der Waals surface area contributed by atoms with E-state index in [9.17, 15) is 9.59 Å². The van der Waals surface area contributed by atoms with Gasteiger partial charge in [-0.15, -0.1) is 0 Å². The number of aliphatic carboxylic acids is 1. The summed E-state index contributed by atoms with van der Waals surface area (Å²) in [6.07, 6.45) is 2.75. The number of nitrogens with zero attached hydrogens (tertiary/aromatic N) is 2. The number of rotatable bonds is 7. The normalized spacial score (nSPS) is 15.6. The summed E-state index contributed by atoms with van der Waals surface area (Å²) in [5.74, 6) is -0.919. The Morgan fingerprint density at radius 1 is 1.56 bits per heavy atom. The molecule has 2 N–H and O–H groups in total. The van der Waals surface area contributed by atoms with E-state index in [-0.39, 0.29) is 24.5 Å². The highest BCUT2D eigenvalue weighted by Gasteiger charge is 2.32. The van der Waals surface area contributed by atoms with E-state index < -0.39 is 5.97 Å². The third-order valence-corrected chi connectivity index (χ3v) is 2.95. The molecule has 100 valence electrons. The van der Waals surface area contributed by atoms with Crippen molar-refractivity contribution in [1.29, 1.82) is 5.26 Å². The van der Waals surface area contributed by atoms with Gasteiger partial charge in [0, 0.05) is 18.6 Å². The van der Waals surface area contributed by atoms with Crippen LogP contribution in [-0.4, -0.2) is 40.6 Å². The quantitative estimate of drug-likeness (QED) is 0.715. The van der Waals surface area contributed by atoms with E-state index in [0.717, 1.165) is 12.8 Å². The fourth-order valence-corrected chi connectivity index (χ4v) is 1.77. The number of carboxylic acid groups (broad SMARTS) is 1. The first-order valence-corrected chi connectivity index (χ1v) is 6.24. The average Bonchev–Trinajstić information content (AvgIpc) is 3.12. The topological polar surface area (TPSA) is 93.4 Å². The van der Waals surface area contributed by atoms with Gasteiger partial charge in [-0.25, -0.2) is 4.79 Å². The maximum atomic E-state index is 12.0. The molecule has 1 aliphatic rings. The summed E-state index contributed by atoms with van der Waals surface area (Å²) < 4.78 is 0. The Bertz CT molecular complexity index is 347. The van der Waals surface area contributed by atoms with Crippen LogP contribution in [0.5, 0.6) is 0 Å². The van der Waals surface area contributed by atoms with Crippen LogP contribution in [0.4, 0.5) is 4.79 Å². The van der Waals surface area contributed by atoms with Crippen molar-refractivity contribution >= 4 is 12.0 Å². The zero-order chi connectivity index (χ0) is 13.5. The Kier molecular flexibility index (Phi) is 5.43. The molecule has 1 fully saturated rings. The van der Waals surface area contributed by atoms with E-state index in [2.05, 4.69) is 5.32 Å². The minimum absolute atomic E-state index is 0.0704. The minimum atomic E-state index is -0.919. The van der Waals surface area contributed by atoms with Crippen molar-refractivity contribution < 1.29 is 14.7 Å². The zero-order valence-electron chi connectivity index (χ0n) is 10.6. The van der Waals surface area contributed by atoms with Gasteiger partial charge in [-0.05, 0) is 19.3 Å². The van der Waals surface area contributed by atoms with Gasteiger partial charge in [0.15, 0.2) is 0 Å². The molecule has 0 aromatic carbocycles. The van der Waals surface area contributed by atoms with Crippen LogP contribution in [0.2, 0.25) is 0 Å². The smallest absolute Gasteiger partial charge is 0.317 e. The van der Waals surface area contributed by atoms with Crippen LogP contribution < -0.4 is 5.32 Å². The summed E-state index contributed by atoms with van der Waals surface area (Å²) in [5.41, 5.74) is 0. The zero-order valence-corrected chi connectivity index (χ0v) is 10.6. The van der Waals surface area contributed by atoms with Crippen LogP contribution in [-0.2, 0) is 4.79 Å². The highest BCUT2D eigenvalue weighted by Crippen LogP contribution is 2.27. The summed E-state index contributed by atoms with van der Waals surface area (Å²) in [7, 11) is 0. The number of carboxylic acids is 1. The molecule has 1 atom stereocenters. The molecule has 1 unspecified atom stereocenters. The van der Waals surface area contributed by atoms with Crippen LogP contribution in [0.3, 0.4) is 0 Å². The lowest BCUT2D eigenvalue weighted by Crippen LogP contribution is -2.46. The van der Waals surface area contributed by atoms with E-state index in [0.29, 0.717) is 19.4 Å².